The molecule has 5 heteroatoms. The first-order valence-corrected chi connectivity index (χ1v) is 5.72. The molecule has 0 bridgehead atoms. The Morgan fingerprint density at radius 2 is 1.71 bits per heavy atom. The molecular weight excluding hydrogens is 272 g/mol. The van der Waals surface area contributed by atoms with Crippen LogP contribution in [0.2, 0.25) is 10.0 Å². The van der Waals surface area contributed by atoms with Crippen molar-refractivity contribution in [1.82, 2.24) is 0 Å². The van der Waals surface area contributed by atoms with Crippen molar-refractivity contribution in [3.8, 4) is 0 Å². The zero-order valence-corrected chi connectivity index (χ0v) is 10.1. The Bertz CT molecular complexity index is 445. The lowest BCUT2D eigenvalue weighted by atomic mass is 9.79. The fraction of sp³-hybridized carbons (Fsp3) is 0.333. The van der Waals surface area contributed by atoms with Crippen LogP contribution in [0.5, 0.6) is 0 Å². The van der Waals surface area contributed by atoms with Gasteiger partial charge in [-0.05, 0) is 42.7 Å². The smallest absolute Gasteiger partial charge is 0.170 e. The molecule has 0 heterocycles. The van der Waals surface area contributed by atoms with Gasteiger partial charge in [-0.15, -0.1) is 0 Å². The molecule has 0 saturated carbocycles. The van der Waals surface area contributed by atoms with Gasteiger partial charge in [0, 0.05) is 10.0 Å². The highest BCUT2D eigenvalue weighted by atomic mass is 35.5. The fourth-order valence-corrected chi connectivity index (χ4v) is 2.54. The van der Waals surface area contributed by atoms with E-state index in [4.69, 9.17) is 23.2 Å². The molecule has 0 N–H and O–H groups in total. The lowest BCUT2D eigenvalue weighted by Crippen LogP contribution is -2.38. The van der Waals surface area contributed by atoms with Crippen LogP contribution >= 0.6 is 23.2 Å². The summed E-state index contributed by atoms with van der Waals surface area (Å²) in [6, 6.07) is 4.04. The van der Waals surface area contributed by atoms with Gasteiger partial charge in [-0.3, -0.25) is 0 Å². The van der Waals surface area contributed by atoms with E-state index in [-0.39, 0.29) is 28.5 Å². The summed E-state index contributed by atoms with van der Waals surface area (Å²) in [5.74, 6) is 0. The van der Waals surface area contributed by atoms with Gasteiger partial charge in [0.1, 0.15) is 5.41 Å². The molecule has 1 unspecified atom stereocenters. The normalized spacial score (nSPS) is 24.3. The highest BCUT2D eigenvalue weighted by Crippen LogP contribution is 2.49. The molecule has 1 radical (unpaired) electrons. The molecule has 0 amide bonds. The highest BCUT2D eigenvalue weighted by Gasteiger charge is 2.55. The minimum atomic E-state index is -4.37. The molecule has 0 fully saturated rings. The SMILES string of the molecule is FC(F)(F)C1(c2cc(Cl)cc(Cl)c2)C=[C]CC1. The third kappa shape index (κ3) is 2.18. The summed E-state index contributed by atoms with van der Waals surface area (Å²) in [4.78, 5) is 0. The summed E-state index contributed by atoms with van der Waals surface area (Å²) in [6.45, 7) is 0. The van der Waals surface area contributed by atoms with Crippen molar-refractivity contribution >= 4 is 23.2 Å². The zero-order valence-electron chi connectivity index (χ0n) is 8.61. The van der Waals surface area contributed by atoms with E-state index in [2.05, 4.69) is 6.08 Å². The predicted molar refractivity (Wildman–Crippen MR) is 61.2 cm³/mol. The van der Waals surface area contributed by atoms with Gasteiger partial charge in [0.15, 0.2) is 0 Å². The molecule has 0 aliphatic heterocycles. The van der Waals surface area contributed by atoms with E-state index in [9.17, 15) is 13.2 Å². The molecule has 91 valence electrons. The van der Waals surface area contributed by atoms with Crippen molar-refractivity contribution in [2.24, 2.45) is 0 Å². The molecule has 1 aromatic carbocycles. The number of benzene rings is 1. The number of hydrogen-bond donors (Lipinski definition) is 0. The van der Waals surface area contributed by atoms with Crippen molar-refractivity contribution in [2.75, 3.05) is 0 Å². The van der Waals surface area contributed by atoms with Gasteiger partial charge in [0.2, 0.25) is 0 Å². The molecule has 0 nitrogen and oxygen atoms in total. The largest absolute Gasteiger partial charge is 0.401 e. The second-order valence-electron chi connectivity index (χ2n) is 3.98. The second kappa shape index (κ2) is 4.21. The van der Waals surface area contributed by atoms with E-state index < -0.39 is 11.6 Å². The van der Waals surface area contributed by atoms with Crippen LogP contribution in [0.4, 0.5) is 13.2 Å². The summed E-state index contributed by atoms with van der Waals surface area (Å²) in [6.07, 6.45) is -0.433. The molecular formula is C12H8Cl2F3. The van der Waals surface area contributed by atoms with Crippen LogP contribution in [0.3, 0.4) is 0 Å². The van der Waals surface area contributed by atoms with Crippen molar-refractivity contribution in [3.05, 3.63) is 46.0 Å². The van der Waals surface area contributed by atoms with Gasteiger partial charge in [-0.25, -0.2) is 0 Å². The summed E-state index contributed by atoms with van der Waals surface area (Å²) in [5.41, 5.74) is -1.92. The van der Waals surface area contributed by atoms with Crippen molar-refractivity contribution in [3.63, 3.8) is 0 Å². The van der Waals surface area contributed by atoms with Crippen molar-refractivity contribution < 1.29 is 13.2 Å². The molecule has 0 saturated heterocycles. The maximum atomic E-state index is 13.2. The summed E-state index contributed by atoms with van der Waals surface area (Å²) < 4.78 is 39.6. The Morgan fingerprint density at radius 3 is 2.12 bits per heavy atom. The van der Waals surface area contributed by atoms with E-state index in [0.29, 0.717) is 0 Å². The van der Waals surface area contributed by atoms with Crippen molar-refractivity contribution in [2.45, 2.75) is 24.4 Å². The molecule has 1 aromatic rings. The Hall–Kier alpha value is -0.670. The monoisotopic (exact) mass is 279 g/mol. The molecule has 0 spiro atoms. The van der Waals surface area contributed by atoms with Gasteiger partial charge in [0.25, 0.3) is 0 Å². The second-order valence-corrected chi connectivity index (χ2v) is 4.85. The van der Waals surface area contributed by atoms with E-state index >= 15 is 0 Å². The van der Waals surface area contributed by atoms with Crippen LogP contribution in [0, 0.1) is 6.08 Å². The van der Waals surface area contributed by atoms with E-state index in [1.165, 1.54) is 18.2 Å². The number of rotatable bonds is 1. The Morgan fingerprint density at radius 1 is 1.12 bits per heavy atom. The fourth-order valence-electron chi connectivity index (χ4n) is 2.01. The summed E-state index contributed by atoms with van der Waals surface area (Å²) in [5, 5.41) is 0.410. The minimum Gasteiger partial charge on any atom is -0.170 e. The third-order valence-electron chi connectivity index (χ3n) is 2.90. The maximum Gasteiger partial charge on any atom is 0.401 e. The summed E-state index contributed by atoms with van der Waals surface area (Å²) >= 11 is 11.5. The molecule has 0 aromatic heterocycles. The third-order valence-corrected chi connectivity index (χ3v) is 3.33. The first-order chi connectivity index (χ1) is 7.85. The number of alkyl halides is 3. The number of hydrogen-bond acceptors (Lipinski definition) is 0. The van der Waals surface area contributed by atoms with Gasteiger partial charge in [-0.2, -0.15) is 13.2 Å². The average molecular weight is 280 g/mol. The van der Waals surface area contributed by atoms with E-state index in [1.54, 1.807) is 0 Å². The van der Waals surface area contributed by atoms with E-state index in [1.807, 2.05) is 0 Å². The van der Waals surface area contributed by atoms with Gasteiger partial charge in [-0.1, -0.05) is 29.3 Å². The molecule has 1 aliphatic rings. The molecule has 2 rings (SSSR count). The Balaban J connectivity index is 2.58. The Labute approximate surface area is 107 Å². The quantitative estimate of drug-likeness (QED) is 0.683. The molecule has 1 atom stereocenters. The van der Waals surface area contributed by atoms with Gasteiger partial charge >= 0.3 is 6.18 Å². The first-order valence-electron chi connectivity index (χ1n) is 4.96. The standard InChI is InChI=1S/C12H8Cl2F3/c13-9-5-8(6-10(14)7-9)11(12(15,16)17)3-1-2-4-11/h4-7H,1,3H2. The lowest BCUT2D eigenvalue weighted by molar-refractivity contribution is -0.175. The molecule has 1 aliphatic carbocycles. The van der Waals surface area contributed by atoms with Gasteiger partial charge in [0.05, 0.1) is 0 Å². The topological polar surface area (TPSA) is 0 Å². The van der Waals surface area contributed by atoms with Gasteiger partial charge < -0.3 is 0 Å². The first kappa shape index (κ1) is 12.8. The van der Waals surface area contributed by atoms with Crippen LogP contribution in [0.1, 0.15) is 18.4 Å². The number of allylic oxidation sites excluding steroid dienone is 2. The zero-order chi connectivity index (χ0) is 12.7. The summed E-state index contributed by atoms with van der Waals surface area (Å²) in [7, 11) is 0. The van der Waals surface area contributed by atoms with Crippen LogP contribution in [0.25, 0.3) is 0 Å². The maximum absolute atomic E-state index is 13.2. The Kier molecular flexibility index (Phi) is 3.17. The highest BCUT2D eigenvalue weighted by molar-refractivity contribution is 6.34. The average Bonchev–Trinajstić information content (AvgIpc) is 2.64. The van der Waals surface area contributed by atoms with E-state index in [0.717, 1.165) is 6.08 Å². The van der Waals surface area contributed by atoms with Crippen LogP contribution in [0.15, 0.2) is 24.3 Å². The van der Waals surface area contributed by atoms with Crippen molar-refractivity contribution in [1.29, 1.82) is 0 Å². The van der Waals surface area contributed by atoms with Crippen LogP contribution in [-0.4, -0.2) is 6.18 Å². The van der Waals surface area contributed by atoms with Crippen LogP contribution in [-0.2, 0) is 5.41 Å². The predicted octanol–water partition coefficient (Wildman–Crippen LogP) is 4.95. The van der Waals surface area contributed by atoms with Crippen LogP contribution < -0.4 is 0 Å². The lowest BCUT2D eigenvalue weighted by Gasteiger charge is -2.30. The number of halogens is 5. The minimum absolute atomic E-state index is 0.0484. The molecule has 17 heavy (non-hydrogen) atoms.